The molecule has 0 saturated carbocycles. The van der Waals surface area contributed by atoms with Gasteiger partial charge in [0.15, 0.2) is 23.3 Å². The lowest BCUT2D eigenvalue weighted by Gasteiger charge is -2.37. The van der Waals surface area contributed by atoms with E-state index in [2.05, 4.69) is 36.4 Å². The van der Waals surface area contributed by atoms with Gasteiger partial charge in [-0.3, -0.25) is 4.79 Å². The van der Waals surface area contributed by atoms with Gasteiger partial charge >= 0.3 is 0 Å². The second kappa shape index (κ2) is 11.6. The van der Waals surface area contributed by atoms with Gasteiger partial charge in [-0.1, -0.05) is 49.8 Å². The first-order valence-electron chi connectivity index (χ1n) is 11.9. The lowest BCUT2D eigenvalue weighted by Crippen LogP contribution is -2.25. The van der Waals surface area contributed by atoms with Gasteiger partial charge in [0.25, 0.3) is 0 Å². The third-order valence-corrected chi connectivity index (χ3v) is 6.53. The van der Waals surface area contributed by atoms with Crippen LogP contribution >= 0.6 is 0 Å². The van der Waals surface area contributed by atoms with Crippen molar-refractivity contribution in [2.45, 2.75) is 53.5 Å². The van der Waals surface area contributed by atoms with Crippen LogP contribution in [0.4, 0.5) is 23.2 Å². The number of halogens is 4. The molecule has 1 aliphatic rings. The van der Waals surface area contributed by atoms with Crippen LogP contribution < -0.4 is 5.32 Å². The van der Waals surface area contributed by atoms with Crippen LogP contribution in [0.5, 0.6) is 0 Å². The molecule has 1 aromatic heterocycles. The maximum Gasteiger partial charge on any atom is 0.248 e. The Kier molecular flexibility index (Phi) is 8.73. The van der Waals surface area contributed by atoms with Crippen molar-refractivity contribution in [3.8, 4) is 0 Å². The summed E-state index contributed by atoms with van der Waals surface area (Å²) in [6, 6.07) is 0.460. The lowest BCUT2D eigenvalue weighted by molar-refractivity contribution is -0.112. The van der Waals surface area contributed by atoms with E-state index in [1.165, 1.54) is 11.1 Å². The molecular weight excluding hydrogens is 482 g/mol. The first-order chi connectivity index (χ1) is 17.4. The number of carbonyl (C=O) groups is 1. The summed E-state index contributed by atoms with van der Waals surface area (Å²) in [5.74, 6) is -7.60. The predicted molar refractivity (Wildman–Crippen MR) is 138 cm³/mol. The minimum atomic E-state index is -1.86. The zero-order valence-electron chi connectivity index (χ0n) is 21.6. The summed E-state index contributed by atoms with van der Waals surface area (Å²) < 4.78 is 56.0. The number of hydrogen-bond donors (Lipinski definition) is 1. The van der Waals surface area contributed by atoms with E-state index < -0.39 is 34.9 Å². The lowest BCUT2D eigenvalue weighted by atomic mass is 9.71. The van der Waals surface area contributed by atoms with Crippen molar-refractivity contribution in [2.75, 3.05) is 5.32 Å². The Morgan fingerprint density at radius 1 is 1.11 bits per heavy atom. The van der Waals surface area contributed by atoms with Crippen molar-refractivity contribution < 1.29 is 22.4 Å². The molecule has 0 radical (unpaired) electrons. The fourth-order valence-electron chi connectivity index (χ4n) is 4.46. The van der Waals surface area contributed by atoms with Gasteiger partial charge in [0.05, 0.1) is 12.4 Å². The Morgan fingerprint density at radius 2 is 1.84 bits per heavy atom. The SMILES string of the molecule is CC1=C(/C=C/C(C)=C/C=C/C(C)=C/C(=O)Nc2c(F)cc(F)c(F)c2F)C(C)(C)CCC1n1ccnc1. The van der Waals surface area contributed by atoms with Crippen LogP contribution in [0.25, 0.3) is 0 Å². The van der Waals surface area contributed by atoms with E-state index in [1.54, 1.807) is 25.3 Å². The first kappa shape index (κ1) is 27.9. The van der Waals surface area contributed by atoms with Crippen LogP contribution in [0.1, 0.15) is 53.5 Å². The molecule has 8 heteroatoms. The Labute approximate surface area is 214 Å². The summed E-state index contributed by atoms with van der Waals surface area (Å²) in [6.07, 6.45) is 18.3. The normalized spacial score (nSPS) is 18.8. The Bertz CT molecular complexity index is 1320. The molecule has 4 nitrogen and oxygen atoms in total. The van der Waals surface area contributed by atoms with Gasteiger partial charge in [0.1, 0.15) is 5.69 Å². The van der Waals surface area contributed by atoms with E-state index in [4.69, 9.17) is 0 Å². The van der Waals surface area contributed by atoms with Crippen molar-refractivity contribution in [3.63, 3.8) is 0 Å². The van der Waals surface area contributed by atoms with Gasteiger partial charge in [-0.25, -0.2) is 22.5 Å². The highest BCUT2D eigenvalue weighted by molar-refractivity contribution is 6.00. The third-order valence-electron chi connectivity index (χ3n) is 6.53. The third kappa shape index (κ3) is 6.76. The fourth-order valence-corrected chi connectivity index (χ4v) is 4.46. The van der Waals surface area contributed by atoms with Gasteiger partial charge in [0, 0.05) is 24.5 Å². The number of nitrogens with one attached hydrogen (secondary N) is 1. The van der Waals surface area contributed by atoms with Crippen molar-refractivity contribution >= 4 is 11.6 Å². The van der Waals surface area contributed by atoms with Crippen LogP contribution in [-0.2, 0) is 4.79 Å². The minimum Gasteiger partial charge on any atom is -0.330 e. The summed E-state index contributed by atoms with van der Waals surface area (Å²) in [6.45, 7) is 10.2. The van der Waals surface area contributed by atoms with E-state index in [0.29, 0.717) is 5.57 Å². The molecule has 196 valence electrons. The second-order valence-electron chi connectivity index (χ2n) is 9.87. The number of imidazole rings is 1. The van der Waals surface area contributed by atoms with Crippen LogP contribution in [-0.4, -0.2) is 15.5 Å². The highest BCUT2D eigenvalue weighted by atomic mass is 19.2. The maximum absolute atomic E-state index is 13.8. The molecule has 1 atom stereocenters. The first-order valence-corrected chi connectivity index (χ1v) is 11.9. The fraction of sp³-hybridized carbons (Fsp3) is 0.310. The van der Waals surface area contributed by atoms with Crippen LogP contribution in [0.3, 0.4) is 0 Å². The molecule has 2 aromatic rings. The van der Waals surface area contributed by atoms with E-state index >= 15 is 0 Å². The molecule has 37 heavy (non-hydrogen) atoms. The topological polar surface area (TPSA) is 46.9 Å². The molecular formula is C29H31F4N3O. The van der Waals surface area contributed by atoms with Crippen LogP contribution in [0, 0.1) is 28.7 Å². The molecule has 0 fully saturated rings. The van der Waals surface area contributed by atoms with Crippen LogP contribution in [0.15, 0.2) is 83.5 Å². The van der Waals surface area contributed by atoms with Gasteiger partial charge in [-0.2, -0.15) is 0 Å². The van der Waals surface area contributed by atoms with Crippen LogP contribution in [0.2, 0.25) is 0 Å². The van der Waals surface area contributed by atoms with Crippen molar-refractivity contribution in [3.05, 3.63) is 107 Å². The summed E-state index contributed by atoms with van der Waals surface area (Å²) in [4.78, 5) is 16.3. The Balaban J connectivity index is 1.69. The molecule has 1 unspecified atom stereocenters. The molecule has 1 aromatic carbocycles. The average molecular weight is 514 g/mol. The molecule has 0 aliphatic heterocycles. The highest BCUT2D eigenvalue weighted by Crippen LogP contribution is 2.45. The van der Waals surface area contributed by atoms with Crippen molar-refractivity contribution in [1.29, 1.82) is 0 Å². The Morgan fingerprint density at radius 3 is 2.51 bits per heavy atom. The second-order valence-corrected chi connectivity index (χ2v) is 9.87. The van der Waals surface area contributed by atoms with Gasteiger partial charge in [0.2, 0.25) is 5.91 Å². The van der Waals surface area contributed by atoms with E-state index in [-0.39, 0.29) is 17.5 Å². The molecule has 0 spiro atoms. The highest BCUT2D eigenvalue weighted by Gasteiger charge is 2.32. The number of benzene rings is 1. The van der Waals surface area contributed by atoms with E-state index in [1.807, 2.05) is 36.9 Å². The molecule has 1 aliphatic carbocycles. The number of anilines is 1. The monoisotopic (exact) mass is 513 g/mol. The summed E-state index contributed by atoms with van der Waals surface area (Å²) in [5.41, 5.74) is 3.09. The van der Waals surface area contributed by atoms with E-state index in [9.17, 15) is 22.4 Å². The molecule has 0 bridgehead atoms. The van der Waals surface area contributed by atoms with Gasteiger partial charge in [-0.15, -0.1) is 0 Å². The van der Waals surface area contributed by atoms with Crippen molar-refractivity contribution in [1.82, 2.24) is 9.55 Å². The summed E-state index contributed by atoms with van der Waals surface area (Å²) in [5, 5.41) is 1.92. The average Bonchev–Trinajstić information content (AvgIpc) is 3.34. The molecule has 0 saturated heterocycles. The molecule has 1 amide bonds. The number of amides is 1. The zero-order valence-corrected chi connectivity index (χ0v) is 21.6. The largest absolute Gasteiger partial charge is 0.330 e. The quantitative estimate of drug-likeness (QED) is 0.135. The maximum atomic E-state index is 13.8. The summed E-state index contributed by atoms with van der Waals surface area (Å²) >= 11 is 0. The standard InChI is InChI=1S/C29H31F4N3O/c1-18(9-10-21-20(3)24(11-12-29(21,4)5)36-14-13-34-17-36)7-6-8-19(2)15-25(37)35-28-23(31)16-22(30)26(32)27(28)33/h6-10,13-17,24H,11-12H2,1-5H3,(H,35,37)/b8-6+,10-9+,18-7+,19-15+. The number of allylic oxidation sites excluding steroid dienone is 9. The van der Waals surface area contributed by atoms with Gasteiger partial charge in [-0.05, 0) is 55.7 Å². The smallest absolute Gasteiger partial charge is 0.248 e. The Hall–Kier alpha value is -3.68. The molecule has 1 heterocycles. The number of rotatable bonds is 7. The number of hydrogen-bond acceptors (Lipinski definition) is 2. The zero-order chi connectivity index (χ0) is 27.3. The number of carbonyl (C=O) groups excluding carboxylic acids is 1. The number of nitrogens with zero attached hydrogens (tertiary/aromatic N) is 2. The molecule has 1 N–H and O–H groups in total. The predicted octanol–water partition coefficient (Wildman–Crippen LogP) is 7.76. The van der Waals surface area contributed by atoms with E-state index in [0.717, 1.165) is 24.5 Å². The van der Waals surface area contributed by atoms with Crippen molar-refractivity contribution in [2.24, 2.45) is 5.41 Å². The summed E-state index contributed by atoms with van der Waals surface area (Å²) in [7, 11) is 0. The number of aromatic nitrogens is 2. The molecule has 3 rings (SSSR count). The van der Waals surface area contributed by atoms with Gasteiger partial charge < -0.3 is 9.88 Å². The minimum absolute atomic E-state index is 0.0485.